The zero-order valence-electron chi connectivity index (χ0n) is 11.6. The molecule has 0 saturated heterocycles. The second kappa shape index (κ2) is 5.96. The van der Waals surface area contributed by atoms with Crippen molar-refractivity contribution in [3.05, 3.63) is 48.3 Å². The number of anilines is 1. The maximum atomic E-state index is 13.3. The predicted molar refractivity (Wildman–Crippen MR) is 81.7 cm³/mol. The Kier molecular flexibility index (Phi) is 3.69. The van der Waals surface area contributed by atoms with Crippen molar-refractivity contribution >= 4 is 22.5 Å². The number of nitriles is 2. The zero-order chi connectivity index (χ0) is 16.2. The molecule has 3 rings (SSSR count). The molecule has 7 heteroatoms. The van der Waals surface area contributed by atoms with Crippen LogP contribution in [-0.2, 0) is 0 Å². The van der Waals surface area contributed by atoms with Crippen LogP contribution in [0.15, 0.2) is 52.0 Å². The van der Waals surface area contributed by atoms with Gasteiger partial charge < -0.3 is 4.42 Å². The Hall–Kier alpha value is -3.71. The molecule has 1 N–H and O–H groups in total. The van der Waals surface area contributed by atoms with Crippen LogP contribution in [0, 0.1) is 28.5 Å². The van der Waals surface area contributed by atoms with E-state index in [2.05, 4.69) is 15.5 Å². The van der Waals surface area contributed by atoms with Gasteiger partial charge in [-0.15, -0.1) is 0 Å². The van der Waals surface area contributed by atoms with E-state index < -0.39 is 0 Å². The first kappa shape index (κ1) is 14.2. The molecule has 0 aliphatic carbocycles. The molecule has 1 aromatic heterocycles. The van der Waals surface area contributed by atoms with Crippen LogP contribution in [0.2, 0.25) is 0 Å². The van der Waals surface area contributed by atoms with Crippen molar-refractivity contribution in [1.82, 2.24) is 4.98 Å². The molecule has 1 heterocycles. The summed E-state index contributed by atoms with van der Waals surface area (Å²) in [6.07, 6.45) is 0. The van der Waals surface area contributed by atoms with Gasteiger partial charge in [0.2, 0.25) is 11.6 Å². The second-order valence-electron chi connectivity index (χ2n) is 4.51. The van der Waals surface area contributed by atoms with E-state index in [-0.39, 0.29) is 11.5 Å². The number of fused-ring (bicyclic) bond motifs is 1. The van der Waals surface area contributed by atoms with Crippen LogP contribution in [0.1, 0.15) is 0 Å². The van der Waals surface area contributed by atoms with Gasteiger partial charge in [0, 0.05) is 5.56 Å². The topological polar surface area (TPSA) is 98.0 Å². The summed E-state index contributed by atoms with van der Waals surface area (Å²) in [5.41, 5.74) is 4.45. The molecule has 2 aromatic carbocycles. The van der Waals surface area contributed by atoms with Crippen LogP contribution in [-0.4, -0.2) is 10.7 Å². The summed E-state index contributed by atoms with van der Waals surface area (Å²) in [6, 6.07) is 14.2. The summed E-state index contributed by atoms with van der Waals surface area (Å²) in [4.78, 5) is 4.30. The van der Waals surface area contributed by atoms with Crippen molar-refractivity contribution < 1.29 is 8.81 Å². The third-order valence-electron chi connectivity index (χ3n) is 2.97. The van der Waals surface area contributed by atoms with Crippen LogP contribution in [0.25, 0.3) is 22.6 Å². The van der Waals surface area contributed by atoms with Gasteiger partial charge in [-0.05, 0) is 36.4 Å². The Morgan fingerprint density at radius 3 is 2.74 bits per heavy atom. The number of oxazole rings is 1. The SMILES string of the molecule is N#CC(C#N)=NNc1ccc2oc(-c3cccc(F)c3)nc2c1. The van der Waals surface area contributed by atoms with Gasteiger partial charge in [0.1, 0.15) is 23.5 Å². The molecule has 0 saturated carbocycles. The van der Waals surface area contributed by atoms with Crippen LogP contribution in [0.5, 0.6) is 0 Å². The molecule has 0 spiro atoms. The summed E-state index contributed by atoms with van der Waals surface area (Å²) in [6.45, 7) is 0. The molecule has 6 nitrogen and oxygen atoms in total. The van der Waals surface area contributed by atoms with E-state index in [4.69, 9.17) is 14.9 Å². The predicted octanol–water partition coefficient (Wildman–Crippen LogP) is 3.45. The standard InChI is InChI=1S/C16H8FN5O/c17-11-3-1-2-10(6-11)16-20-14-7-12(4-5-15(14)23-16)21-22-13(8-18)9-19/h1-7,21H. The lowest BCUT2D eigenvalue weighted by Crippen LogP contribution is -1.95. The molecular weight excluding hydrogens is 297 g/mol. The summed E-state index contributed by atoms with van der Waals surface area (Å²) in [7, 11) is 0. The van der Waals surface area contributed by atoms with Crippen LogP contribution in [0.4, 0.5) is 10.1 Å². The number of aromatic nitrogens is 1. The van der Waals surface area contributed by atoms with Crippen molar-refractivity contribution in [3.63, 3.8) is 0 Å². The van der Waals surface area contributed by atoms with E-state index in [1.807, 2.05) is 0 Å². The highest BCUT2D eigenvalue weighted by atomic mass is 19.1. The summed E-state index contributed by atoms with van der Waals surface area (Å²) in [5.74, 6) is -0.0723. The second-order valence-corrected chi connectivity index (χ2v) is 4.51. The average molecular weight is 305 g/mol. The van der Waals surface area contributed by atoms with Crippen molar-refractivity contribution in [3.8, 4) is 23.6 Å². The highest BCUT2D eigenvalue weighted by Crippen LogP contribution is 2.26. The fourth-order valence-electron chi connectivity index (χ4n) is 1.94. The molecule has 0 bridgehead atoms. The molecular formula is C16H8FN5O. The number of nitrogens with one attached hydrogen (secondary N) is 1. The number of hydrazone groups is 1. The van der Waals surface area contributed by atoms with Crippen LogP contribution >= 0.6 is 0 Å². The number of benzene rings is 2. The minimum atomic E-state index is -0.373. The molecule has 0 unspecified atom stereocenters. The van der Waals surface area contributed by atoms with E-state index in [9.17, 15) is 4.39 Å². The van der Waals surface area contributed by atoms with Crippen molar-refractivity contribution in [1.29, 1.82) is 10.5 Å². The van der Waals surface area contributed by atoms with Gasteiger partial charge in [0.15, 0.2) is 5.58 Å². The normalized spacial score (nSPS) is 9.87. The smallest absolute Gasteiger partial charge is 0.237 e. The molecule has 0 atom stereocenters. The Morgan fingerprint density at radius 2 is 2.00 bits per heavy atom. The first-order chi connectivity index (χ1) is 11.2. The number of halogens is 1. The monoisotopic (exact) mass is 305 g/mol. The van der Waals surface area contributed by atoms with E-state index in [1.54, 1.807) is 42.5 Å². The van der Waals surface area contributed by atoms with Gasteiger partial charge in [0.25, 0.3) is 0 Å². The number of hydrogen-bond donors (Lipinski definition) is 1. The van der Waals surface area contributed by atoms with E-state index >= 15 is 0 Å². The van der Waals surface area contributed by atoms with Crippen LogP contribution < -0.4 is 5.43 Å². The Bertz CT molecular complexity index is 978. The molecule has 0 fully saturated rings. The zero-order valence-corrected chi connectivity index (χ0v) is 11.6. The quantitative estimate of drug-likeness (QED) is 0.590. The van der Waals surface area contributed by atoms with Crippen molar-refractivity contribution in [2.45, 2.75) is 0 Å². The first-order valence-electron chi connectivity index (χ1n) is 6.50. The molecule has 0 amide bonds. The maximum Gasteiger partial charge on any atom is 0.237 e. The Labute approximate surface area is 130 Å². The van der Waals surface area contributed by atoms with Gasteiger partial charge in [-0.2, -0.15) is 15.6 Å². The Morgan fingerprint density at radius 1 is 1.17 bits per heavy atom. The van der Waals surface area contributed by atoms with Gasteiger partial charge in [0.05, 0.1) is 5.69 Å². The summed E-state index contributed by atoms with van der Waals surface area (Å²) >= 11 is 0. The average Bonchev–Trinajstić information content (AvgIpc) is 2.99. The van der Waals surface area contributed by atoms with Gasteiger partial charge in [-0.3, -0.25) is 5.43 Å². The highest BCUT2D eigenvalue weighted by molar-refractivity contribution is 6.10. The largest absolute Gasteiger partial charge is 0.436 e. The fourth-order valence-corrected chi connectivity index (χ4v) is 1.94. The van der Waals surface area contributed by atoms with Crippen LogP contribution in [0.3, 0.4) is 0 Å². The third kappa shape index (κ3) is 2.99. The highest BCUT2D eigenvalue weighted by Gasteiger charge is 2.09. The Balaban J connectivity index is 1.94. The minimum absolute atomic E-state index is 0.286. The molecule has 0 aliphatic heterocycles. The van der Waals surface area contributed by atoms with Crippen molar-refractivity contribution in [2.24, 2.45) is 5.10 Å². The van der Waals surface area contributed by atoms with Gasteiger partial charge in [-0.25, -0.2) is 9.37 Å². The lowest BCUT2D eigenvalue weighted by atomic mass is 10.2. The van der Waals surface area contributed by atoms with Gasteiger partial charge in [-0.1, -0.05) is 6.07 Å². The molecule has 0 aliphatic rings. The molecule has 0 radical (unpaired) electrons. The van der Waals surface area contributed by atoms with E-state index in [0.717, 1.165) is 0 Å². The van der Waals surface area contributed by atoms with E-state index in [0.29, 0.717) is 28.2 Å². The van der Waals surface area contributed by atoms with E-state index in [1.165, 1.54) is 12.1 Å². The minimum Gasteiger partial charge on any atom is -0.436 e. The molecule has 3 aromatic rings. The molecule has 23 heavy (non-hydrogen) atoms. The summed E-state index contributed by atoms with van der Waals surface area (Å²) in [5, 5.41) is 20.9. The lowest BCUT2D eigenvalue weighted by Gasteiger charge is -1.97. The number of nitrogens with zero attached hydrogens (tertiary/aromatic N) is 4. The first-order valence-corrected chi connectivity index (χ1v) is 6.50. The number of hydrogen-bond acceptors (Lipinski definition) is 6. The summed E-state index contributed by atoms with van der Waals surface area (Å²) < 4.78 is 18.9. The molecule has 110 valence electrons. The van der Waals surface area contributed by atoms with Gasteiger partial charge >= 0.3 is 0 Å². The lowest BCUT2D eigenvalue weighted by molar-refractivity contribution is 0.611. The third-order valence-corrected chi connectivity index (χ3v) is 2.97. The fraction of sp³-hybridized carbons (Fsp3) is 0. The van der Waals surface area contributed by atoms with Crippen molar-refractivity contribution in [2.75, 3.05) is 5.43 Å². The number of rotatable bonds is 3. The maximum absolute atomic E-state index is 13.3.